The molecule has 1 aromatic carbocycles. The molecule has 0 bridgehead atoms. The lowest BCUT2D eigenvalue weighted by molar-refractivity contribution is 0.0950. The summed E-state index contributed by atoms with van der Waals surface area (Å²) in [6.07, 6.45) is 1.37. The van der Waals surface area contributed by atoms with Crippen LogP contribution in [0.5, 0.6) is 5.75 Å². The Kier molecular flexibility index (Phi) is 5.03. The van der Waals surface area contributed by atoms with Gasteiger partial charge in [-0.05, 0) is 38.8 Å². The molecule has 0 fully saturated rings. The number of phenolic OH excluding ortho intramolecular Hbond substituents is 1. The fourth-order valence-electron chi connectivity index (χ4n) is 2.16. The van der Waals surface area contributed by atoms with Gasteiger partial charge in [-0.15, -0.1) is 0 Å². The van der Waals surface area contributed by atoms with Crippen molar-refractivity contribution in [2.75, 3.05) is 6.54 Å². The van der Waals surface area contributed by atoms with Crippen LogP contribution in [0.2, 0.25) is 5.02 Å². The highest BCUT2D eigenvalue weighted by atomic mass is 35.5. The second kappa shape index (κ2) is 6.79. The molecule has 22 heavy (non-hydrogen) atoms. The average molecular weight is 327 g/mol. The van der Waals surface area contributed by atoms with Crippen molar-refractivity contribution in [3.8, 4) is 5.75 Å². The number of halogens is 2. The van der Waals surface area contributed by atoms with E-state index in [1.165, 1.54) is 0 Å². The largest absolute Gasteiger partial charge is 0.506 e. The van der Waals surface area contributed by atoms with Crippen LogP contribution in [0.15, 0.2) is 16.7 Å². The fourth-order valence-corrected chi connectivity index (χ4v) is 2.37. The van der Waals surface area contributed by atoms with Gasteiger partial charge in [-0.2, -0.15) is 0 Å². The Morgan fingerprint density at radius 2 is 2.18 bits per heavy atom. The minimum atomic E-state index is -0.677. The Hall–Kier alpha value is -2.08. The van der Waals surface area contributed by atoms with Crippen molar-refractivity contribution in [2.24, 2.45) is 0 Å². The predicted molar refractivity (Wildman–Crippen MR) is 79.7 cm³/mol. The van der Waals surface area contributed by atoms with Gasteiger partial charge in [0.1, 0.15) is 17.3 Å². The first kappa shape index (κ1) is 16.3. The molecule has 2 N–H and O–H groups in total. The second-order valence-electron chi connectivity index (χ2n) is 4.95. The molecule has 1 aromatic heterocycles. The number of carbonyl (C=O) groups is 1. The lowest BCUT2D eigenvalue weighted by Crippen LogP contribution is -2.25. The summed E-state index contributed by atoms with van der Waals surface area (Å²) >= 11 is 5.64. The maximum Gasteiger partial charge on any atom is 0.255 e. The smallest absolute Gasteiger partial charge is 0.255 e. The van der Waals surface area contributed by atoms with Crippen LogP contribution in [0.3, 0.4) is 0 Å². The first-order chi connectivity index (χ1) is 10.4. The lowest BCUT2D eigenvalue weighted by Gasteiger charge is -2.08. The number of nitrogens with zero attached hydrogens (tertiary/aromatic N) is 1. The number of hydrogen-bond acceptors (Lipinski definition) is 4. The monoisotopic (exact) mass is 326 g/mol. The van der Waals surface area contributed by atoms with Crippen LogP contribution in [0.25, 0.3) is 0 Å². The van der Waals surface area contributed by atoms with E-state index in [2.05, 4.69) is 10.5 Å². The number of benzene rings is 1. The molecule has 118 valence electrons. The normalized spacial score (nSPS) is 10.7. The van der Waals surface area contributed by atoms with Crippen LogP contribution in [0.1, 0.15) is 33.8 Å². The van der Waals surface area contributed by atoms with Crippen LogP contribution in [-0.2, 0) is 6.42 Å². The quantitative estimate of drug-likeness (QED) is 0.828. The van der Waals surface area contributed by atoms with Gasteiger partial charge in [-0.25, -0.2) is 4.39 Å². The Labute approximate surface area is 132 Å². The van der Waals surface area contributed by atoms with Gasteiger partial charge in [0.15, 0.2) is 0 Å². The molecule has 0 aliphatic rings. The molecule has 0 radical (unpaired) electrons. The third-order valence-electron chi connectivity index (χ3n) is 3.34. The lowest BCUT2D eigenvalue weighted by atomic mass is 10.1. The Balaban J connectivity index is 1.91. The minimum absolute atomic E-state index is 0.178. The van der Waals surface area contributed by atoms with E-state index < -0.39 is 17.5 Å². The third-order valence-corrected chi connectivity index (χ3v) is 3.63. The van der Waals surface area contributed by atoms with Crippen molar-refractivity contribution in [3.05, 3.63) is 45.6 Å². The van der Waals surface area contributed by atoms with Crippen molar-refractivity contribution in [3.63, 3.8) is 0 Å². The fraction of sp³-hybridized carbons (Fsp3) is 0.333. The number of rotatable bonds is 5. The van der Waals surface area contributed by atoms with Crippen molar-refractivity contribution in [2.45, 2.75) is 26.7 Å². The van der Waals surface area contributed by atoms with Crippen LogP contribution in [0.4, 0.5) is 4.39 Å². The molecule has 0 unspecified atom stereocenters. The van der Waals surface area contributed by atoms with E-state index in [9.17, 15) is 14.3 Å². The van der Waals surface area contributed by atoms with E-state index in [1.807, 2.05) is 13.8 Å². The molecular weight excluding hydrogens is 311 g/mol. The summed E-state index contributed by atoms with van der Waals surface area (Å²) in [5.41, 5.74) is 1.67. The maximum atomic E-state index is 13.2. The number of nitrogens with one attached hydrogen (secondary N) is 1. The van der Waals surface area contributed by atoms with Gasteiger partial charge in [-0.3, -0.25) is 4.79 Å². The topological polar surface area (TPSA) is 75.4 Å². The summed E-state index contributed by atoms with van der Waals surface area (Å²) in [7, 11) is 0. The van der Waals surface area contributed by atoms with Gasteiger partial charge in [0.25, 0.3) is 5.91 Å². The molecule has 2 rings (SSSR count). The standard InChI is InChI=1S/C15H16ClFN2O3/c1-8-11(9(2)22-19-8)4-3-5-18-15(21)12-6-10(17)7-13(16)14(12)20/h6-7,20H,3-5H2,1-2H3,(H,18,21). The SMILES string of the molecule is Cc1noc(C)c1CCCNC(=O)c1cc(F)cc(Cl)c1O. The molecule has 0 spiro atoms. The van der Waals surface area contributed by atoms with Gasteiger partial charge in [0.05, 0.1) is 16.3 Å². The number of hydrogen-bond donors (Lipinski definition) is 2. The highest BCUT2D eigenvalue weighted by molar-refractivity contribution is 6.32. The van der Waals surface area contributed by atoms with E-state index in [0.29, 0.717) is 19.4 Å². The highest BCUT2D eigenvalue weighted by Crippen LogP contribution is 2.28. The van der Waals surface area contributed by atoms with Gasteiger partial charge in [-0.1, -0.05) is 16.8 Å². The zero-order valence-corrected chi connectivity index (χ0v) is 13.0. The van der Waals surface area contributed by atoms with E-state index in [4.69, 9.17) is 16.1 Å². The third kappa shape index (κ3) is 3.57. The van der Waals surface area contributed by atoms with E-state index in [-0.39, 0.29) is 10.6 Å². The van der Waals surface area contributed by atoms with Crippen LogP contribution in [-0.4, -0.2) is 22.7 Å². The average Bonchev–Trinajstić information content (AvgIpc) is 2.78. The zero-order chi connectivity index (χ0) is 16.3. The van der Waals surface area contributed by atoms with Crippen molar-refractivity contribution in [1.29, 1.82) is 0 Å². The van der Waals surface area contributed by atoms with Crippen molar-refractivity contribution >= 4 is 17.5 Å². The molecule has 1 amide bonds. The van der Waals surface area contributed by atoms with E-state index >= 15 is 0 Å². The van der Waals surface area contributed by atoms with Gasteiger partial charge in [0, 0.05) is 12.1 Å². The van der Waals surface area contributed by atoms with Crippen molar-refractivity contribution < 1.29 is 18.8 Å². The number of carbonyl (C=O) groups excluding carboxylic acids is 1. The summed E-state index contributed by atoms with van der Waals surface area (Å²) in [5, 5.41) is 16.0. The number of phenols is 1. The molecule has 1 heterocycles. The van der Waals surface area contributed by atoms with Gasteiger partial charge >= 0.3 is 0 Å². The molecule has 0 saturated heterocycles. The van der Waals surface area contributed by atoms with Crippen LogP contribution in [0, 0.1) is 19.7 Å². The number of aryl methyl sites for hydroxylation is 2. The molecule has 0 saturated carbocycles. The van der Waals surface area contributed by atoms with Crippen molar-refractivity contribution in [1.82, 2.24) is 10.5 Å². The highest BCUT2D eigenvalue weighted by Gasteiger charge is 2.15. The molecule has 5 nitrogen and oxygen atoms in total. The minimum Gasteiger partial charge on any atom is -0.506 e. The van der Waals surface area contributed by atoms with Crippen LogP contribution < -0.4 is 5.32 Å². The molecule has 2 aromatic rings. The molecule has 7 heteroatoms. The summed E-state index contributed by atoms with van der Waals surface area (Å²) in [5.74, 6) is -0.911. The van der Waals surface area contributed by atoms with Gasteiger partial charge in [0.2, 0.25) is 0 Å². The zero-order valence-electron chi connectivity index (χ0n) is 12.2. The second-order valence-corrected chi connectivity index (χ2v) is 5.35. The summed E-state index contributed by atoms with van der Waals surface area (Å²) in [6, 6.07) is 1.90. The number of aromatic hydroxyl groups is 1. The molecular formula is C15H16ClFN2O3. The summed E-state index contributed by atoms with van der Waals surface area (Å²) < 4.78 is 18.3. The molecule has 0 atom stereocenters. The van der Waals surface area contributed by atoms with Crippen LogP contribution >= 0.6 is 11.6 Å². The van der Waals surface area contributed by atoms with Gasteiger partial charge < -0.3 is 14.9 Å². The summed E-state index contributed by atoms with van der Waals surface area (Å²) in [6.45, 7) is 4.06. The predicted octanol–water partition coefficient (Wildman–Crippen LogP) is 3.15. The number of aromatic nitrogens is 1. The Morgan fingerprint density at radius 3 is 2.82 bits per heavy atom. The van der Waals surface area contributed by atoms with E-state index in [0.717, 1.165) is 29.2 Å². The summed E-state index contributed by atoms with van der Waals surface area (Å²) in [4.78, 5) is 11.9. The Bertz CT molecular complexity index is 681. The maximum absolute atomic E-state index is 13.2. The Morgan fingerprint density at radius 1 is 1.45 bits per heavy atom. The number of amides is 1. The first-order valence-corrected chi connectivity index (χ1v) is 7.16. The van der Waals surface area contributed by atoms with E-state index in [1.54, 1.807) is 0 Å². The molecule has 0 aliphatic carbocycles. The molecule has 0 aliphatic heterocycles. The first-order valence-electron chi connectivity index (χ1n) is 6.78.